The van der Waals surface area contributed by atoms with Gasteiger partial charge in [-0.25, -0.2) is 0 Å². The lowest BCUT2D eigenvalue weighted by Crippen LogP contribution is -2.44. The number of benzene rings is 2. The molecule has 0 saturated carbocycles. The zero-order valence-electron chi connectivity index (χ0n) is 17.6. The summed E-state index contributed by atoms with van der Waals surface area (Å²) in [6.07, 6.45) is 1.06. The van der Waals surface area contributed by atoms with Crippen molar-refractivity contribution >= 4 is 47.2 Å². The number of rotatable bonds is 6. The van der Waals surface area contributed by atoms with E-state index < -0.39 is 0 Å². The van der Waals surface area contributed by atoms with Crippen LogP contribution in [0.1, 0.15) is 18.9 Å². The molecule has 2 aromatic carbocycles. The second-order valence-corrected chi connectivity index (χ2v) is 7.05. The summed E-state index contributed by atoms with van der Waals surface area (Å²) in [7, 11) is 3.36. The number of carbonyl (C=O) groups is 1. The molecule has 2 aromatic rings. The Morgan fingerprint density at radius 2 is 2.00 bits per heavy atom. The van der Waals surface area contributed by atoms with Gasteiger partial charge in [-0.1, -0.05) is 24.3 Å². The van der Waals surface area contributed by atoms with Crippen LogP contribution in [-0.4, -0.2) is 45.2 Å². The Morgan fingerprint density at radius 3 is 2.67 bits per heavy atom. The Bertz CT molecular complexity index is 860. The Balaban J connectivity index is 0.00000320. The molecule has 0 aromatic heterocycles. The summed E-state index contributed by atoms with van der Waals surface area (Å²) in [6, 6.07) is 16.5. The zero-order valence-corrected chi connectivity index (χ0v) is 20.0. The fraction of sp³-hybridized carbons (Fsp3) is 0.364. The maximum Gasteiger partial charge on any atom is 0.221 e. The topological polar surface area (TPSA) is 78.0 Å². The molecule has 7 nitrogen and oxygen atoms in total. The Kier molecular flexibility index (Phi) is 9.22. The smallest absolute Gasteiger partial charge is 0.221 e. The second-order valence-electron chi connectivity index (χ2n) is 7.05. The largest absolute Gasteiger partial charge is 0.495 e. The minimum atomic E-state index is -0.130. The van der Waals surface area contributed by atoms with Crippen molar-refractivity contribution in [2.24, 2.45) is 4.99 Å². The number of aliphatic imine (C=N–C) groups is 1. The molecule has 162 valence electrons. The van der Waals surface area contributed by atoms with Gasteiger partial charge in [-0.3, -0.25) is 9.79 Å². The summed E-state index contributed by atoms with van der Waals surface area (Å²) in [5.41, 5.74) is 2.94. The molecule has 1 aliphatic heterocycles. The fourth-order valence-electron chi connectivity index (χ4n) is 3.48. The van der Waals surface area contributed by atoms with Crippen LogP contribution >= 0.6 is 24.0 Å². The number of nitrogens with one attached hydrogen (secondary N) is 3. The Labute approximate surface area is 195 Å². The molecule has 1 unspecified atom stereocenters. The fourth-order valence-corrected chi connectivity index (χ4v) is 3.48. The molecule has 1 aliphatic rings. The van der Waals surface area contributed by atoms with E-state index in [-0.39, 0.29) is 29.9 Å². The highest BCUT2D eigenvalue weighted by Crippen LogP contribution is 2.25. The van der Waals surface area contributed by atoms with Crippen molar-refractivity contribution in [2.45, 2.75) is 25.9 Å². The normalized spacial score (nSPS) is 15.9. The summed E-state index contributed by atoms with van der Waals surface area (Å²) in [6.45, 7) is 4.04. The van der Waals surface area contributed by atoms with Gasteiger partial charge >= 0.3 is 0 Å². The number of guanidine groups is 1. The summed E-state index contributed by atoms with van der Waals surface area (Å²) in [5.74, 6) is 1.27. The second kappa shape index (κ2) is 11.6. The molecule has 1 amide bonds. The number of hydrogen-bond donors (Lipinski definition) is 3. The minimum absolute atomic E-state index is 0. The number of ether oxygens (including phenoxy) is 1. The lowest BCUT2D eigenvalue weighted by molar-refractivity contribution is -0.114. The first-order valence-corrected chi connectivity index (χ1v) is 9.80. The predicted molar refractivity (Wildman–Crippen MR) is 133 cm³/mol. The van der Waals surface area contributed by atoms with Crippen molar-refractivity contribution in [1.82, 2.24) is 10.6 Å². The van der Waals surface area contributed by atoms with Crippen LogP contribution in [0.5, 0.6) is 5.75 Å². The molecule has 30 heavy (non-hydrogen) atoms. The summed E-state index contributed by atoms with van der Waals surface area (Å²) in [5, 5.41) is 9.66. The third kappa shape index (κ3) is 6.51. The SMILES string of the molecule is CN=C(NCc1ccc(OC)c(NC(C)=O)c1)NC1CCN(c2ccccc2)C1.I. The quantitative estimate of drug-likeness (QED) is 0.308. The van der Waals surface area contributed by atoms with Crippen LogP contribution in [0.3, 0.4) is 0 Å². The van der Waals surface area contributed by atoms with E-state index >= 15 is 0 Å². The van der Waals surface area contributed by atoms with E-state index in [1.807, 2.05) is 24.3 Å². The van der Waals surface area contributed by atoms with E-state index in [0.29, 0.717) is 24.0 Å². The lowest BCUT2D eigenvalue weighted by atomic mass is 10.2. The molecule has 1 atom stereocenters. The van der Waals surface area contributed by atoms with Gasteiger partial charge in [-0.05, 0) is 36.2 Å². The van der Waals surface area contributed by atoms with Gasteiger partial charge in [0.1, 0.15) is 5.75 Å². The highest BCUT2D eigenvalue weighted by molar-refractivity contribution is 14.0. The highest BCUT2D eigenvalue weighted by Gasteiger charge is 2.23. The molecule has 0 aliphatic carbocycles. The molecular weight excluding hydrogens is 493 g/mol. The van der Waals surface area contributed by atoms with E-state index in [1.165, 1.54) is 12.6 Å². The molecule has 3 N–H and O–H groups in total. The van der Waals surface area contributed by atoms with Crippen LogP contribution < -0.4 is 25.6 Å². The maximum atomic E-state index is 11.4. The average Bonchev–Trinajstić information content (AvgIpc) is 3.20. The van der Waals surface area contributed by atoms with Gasteiger partial charge in [-0.2, -0.15) is 0 Å². The third-order valence-electron chi connectivity index (χ3n) is 4.91. The van der Waals surface area contributed by atoms with Crippen LogP contribution in [0.4, 0.5) is 11.4 Å². The number of para-hydroxylation sites is 1. The first-order chi connectivity index (χ1) is 14.1. The molecular formula is C22H30IN5O2. The predicted octanol–water partition coefficient (Wildman–Crippen LogP) is 3.22. The van der Waals surface area contributed by atoms with Crippen molar-refractivity contribution in [1.29, 1.82) is 0 Å². The van der Waals surface area contributed by atoms with Gasteiger partial charge in [0.05, 0.1) is 12.8 Å². The van der Waals surface area contributed by atoms with Crippen molar-refractivity contribution in [2.75, 3.05) is 37.5 Å². The first kappa shape index (κ1) is 23.8. The van der Waals surface area contributed by atoms with Crippen molar-refractivity contribution in [3.8, 4) is 5.75 Å². The molecule has 0 spiro atoms. The van der Waals surface area contributed by atoms with Crippen molar-refractivity contribution in [3.63, 3.8) is 0 Å². The van der Waals surface area contributed by atoms with Crippen LogP contribution in [0.15, 0.2) is 53.5 Å². The molecule has 8 heteroatoms. The van der Waals surface area contributed by atoms with E-state index in [9.17, 15) is 4.79 Å². The molecule has 3 rings (SSSR count). The van der Waals surface area contributed by atoms with Crippen molar-refractivity contribution < 1.29 is 9.53 Å². The number of hydrogen-bond acceptors (Lipinski definition) is 4. The number of anilines is 2. The maximum absolute atomic E-state index is 11.4. The zero-order chi connectivity index (χ0) is 20.6. The van der Waals surface area contributed by atoms with E-state index in [0.717, 1.165) is 31.0 Å². The van der Waals surface area contributed by atoms with E-state index in [2.05, 4.69) is 50.1 Å². The lowest BCUT2D eigenvalue weighted by Gasteiger charge is -2.20. The summed E-state index contributed by atoms with van der Waals surface area (Å²) < 4.78 is 5.31. The molecule has 1 heterocycles. The Hall–Kier alpha value is -2.49. The van der Waals surface area contributed by atoms with Crippen LogP contribution in [0.25, 0.3) is 0 Å². The van der Waals surface area contributed by atoms with Gasteiger partial charge in [0, 0.05) is 45.3 Å². The van der Waals surface area contributed by atoms with Gasteiger partial charge in [0.15, 0.2) is 5.96 Å². The standard InChI is InChI=1S/C22H29N5O2.HI/c1-16(28)25-20-13-17(9-10-21(20)29-3)14-24-22(23-2)26-18-11-12-27(15-18)19-7-5-4-6-8-19;/h4-10,13,18H,11-12,14-15H2,1-3H3,(H,25,28)(H2,23,24,26);1H. The van der Waals surface area contributed by atoms with Crippen LogP contribution in [-0.2, 0) is 11.3 Å². The van der Waals surface area contributed by atoms with Gasteiger partial charge < -0.3 is 25.6 Å². The van der Waals surface area contributed by atoms with Gasteiger partial charge in [0.25, 0.3) is 0 Å². The molecule has 0 bridgehead atoms. The number of halogens is 1. The summed E-state index contributed by atoms with van der Waals surface area (Å²) >= 11 is 0. The first-order valence-electron chi connectivity index (χ1n) is 9.80. The molecule has 1 saturated heterocycles. The number of carbonyl (C=O) groups excluding carboxylic acids is 1. The van der Waals surface area contributed by atoms with Gasteiger partial charge in [-0.15, -0.1) is 24.0 Å². The van der Waals surface area contributed by atoms with Gasteiger partial charge in [0.2, 0.25) is 5.91 Å². The third-order valence-corrected chi connectivity index (χ3v) is 4.91. The molecule has 1 fully saturated rings. The number of nitrogens with zero attached hydrogens (tertiary/aromatic N) is 2. The monoisotopic (exact) mass is 523 g/mol. The van der Waals surface area contributed by atoms with Crippen molar-refractivity contribution in [3.05, 3.63) is 54.1 Å². The van der Waals surface area contributed by atoms with E-state index in [1.54, 1.807) is 14.2 Å². The number of amides is 1. The molecule has 0 radical (unpaired) electrons. The highest BCUT2D eigenvalue weighted by atomic mass is 127. The average molecular weight is 523 g/mol. The summed E-state index contributed by atoms with van der Waals surface area (Å²) in [4.78, 5) is 18.1. The van der Waals surface area contributed by atoms with Crippen LogP contribution in [0.2, 0.25) is 0 Å². The van der Waals surface area contributed by atoms with E-state index in [4.69, 9.17) is 4.74 Å². The Morgan fingerprint density at radius 1 is 1.23 bits per heavy atom. The number of methoxy groups -OCH3 is 1. The van der Waals surface area contributed by atoms with Crippen LogP contribution in [0, 0.1) is 0 Å². The minimum Gasteiger partial charge on any atom is -0.495 e.